The van der Waals surface area contributed by atoms with Gasteiger partial charge in [0.1, 0.15) is 22.3 Å². The second kappa shape index (κ2) is 35.9. The van der Waals surface area contributed by atoms with Crippen LogP contribution in [0.5, 0.6) is 5.75 Å². The van der Waals surface area contributed by atoms with Crippen molar-refractivity contribution in [3.05, 3.63) is 177 Å². The lowest BCUT2D eigenvalue weighted by molar-refractivity contribution is 0.475. The van der Waals surface area contributed by atoms with Crippen LogP contribution in [0.1, 0.15) is 203 Å². The number of aromatic hydroxyl groups is 1. The number of furan rings is 1. The predicted octanol–water partition coefficient (Wildman–Crippen LogP) is 17.3. The number of nitrogen functional groups attached to an aromatic ring is 4. The van der Waals surface area contributed by atoms with Gasteiger partial charge in [-0.25, -0.2) is 19.9 Å². The lowest BCUT2D eigenvalue weighted by Crippen LogP contribution is -1.98. The Kier molecular flexibility index (Phi) is 32.0. The summed E-state index contributed by atoms with van der Waals surface area (Å²) in [5.74, 6) is 6.66. The monoisotopic (exact) mass is 1050 g/mol. The zero-order valence-corrected chi connectivity index (χ0v) is 48.9. The summed E-state index contributed by atoms with van der Waals surface area (Å²) in [5, 5.41) is 14.5. The van der Waals surface area contributed by atoms with E-state index >= 15 is 0 Å². The summed E-state index contributed by atoms with van der Waals surface area (Å²) in [6.45, 7) is 34.1. The maximum absolute atomic E-state index is 8.94. The van der Waals surface area contributed by atoms with Gasteiger partial charge in [0, 0.05) is 33.8 Å². The van der Waals surface area contributed by atoms with Crippen molar-refractivity contribution < 1.29 is 9.52 Å². The number of phenols is 1. The van der Waals surface area contributed by atoms with Crippen molar-refractivity contribution in [2.24, 2.45) is 0 Å². The first-order chi connectivity index (χ1) is 34.4. The summed E-state index contributed by atoms with van der Waals surface area (Å²) in [5.41, 5.74) is 28.7. The molecule has 0 amide bonds. The zero-order chi connectivity index (χ0) is 55.0. The SMILES string of the molecule is CC(C)c1cc(N)sn1.CC(C)c1ccc(O)cc1.CC(C)c1cccc(N)n1.CC(C)c1ccccc1.CC(C)c1ccco1.CC(C)c1cccs1.CC(C)c1ccnc(N)n1.CC(C)c1csc(N)n1. The third-order valence-electron chi connectivity index (χ3n) is 10.2. The van der Waals surface area contributed by atoms with Crippen LogP contribution in [0.3, 0.4) is 0 Å². The zero-order valence-electron chi connectivity index (χ0n) is 46.4. The average Bonchev–Trinajstić information content (AvgIpc) is 4.21. The van der Waals surface area contributed by atoms with E-state index in [0.717, 1.165) is 33.5 Å². The van der Waals surface area contributed by atoms with Gasteiger partial charge in [0.15, 0.2) is 5.13 Å². The lowest BCUT2D eigenvalue weighted by atomic mass is 10.0. The minimum absolute atomic E-state index is 0.337. The summed E-state index contributed by atoms with van der Waals surface area (Å²) >= 11 is 4.69. The molecule has 8 aromatic rings. The molecule has 8 rings (SSSR count). The lowest BCUT2D eigenvalue weighted by Gasteiger charge is -2.03. The van der Waals surface area contributed by atoms with Crippen molar-refractivity contribution in [2.45, 2.75) is 158 Å². The molecule has 0 aliphatic rings. The molecule has 0 saturated heterocycles. The Morgan fingerprint density at radius 1 is 0.479 bits per heavy atom. The number of anilines is 4. The highest BCUT2D eigenvalue weighted by atomic mass is 32.1. The molecule has 0 radical (unpaired) electrons. The number of rotatable bonds is 8. The Morgan fingerprint density at radius 2 is 1.05 bits per heavy atom. The molecule has 0 fully saturated rings. The summed E-state index contributed by atoms with van der Waals surface area (Å²) in [6, 6.07) is 35.5. The van der Waals surface area contributed by atoms with Crippen molar-refractivity contribution in [2.75, 3.05) is 22.9 Å². The fraction of sp³-hybridized carbons (Fsp3) is 0.407. The molecule has 0 aliphatic carbocycles. The van der Waals surface area contributed by atoms with Crippen LogP contribution in [0, 0.1) is 0 Å². The molecule has 11 nitrogen and oxygen atoms in total. The van der Waals surface area contributed by atoms with E-state index in [-0.39, 0.29) is 0 Å². The van der Waals surface area contributed by atoms with E-state index in [1.54, 1.807) is 30.7 Å². The van der Waals surface area contributed by atoms with Crippen LogP contribution in [-0.4, -0.2) is 29.4 Å². The van der Waals surface area contributed by atoms with E-state index in [1.165, 1.54) is 38.9 Å². The molecule has 73 heavy (non-hydrogen) atoms. The largest absolute Gasteiger partial charge is 0.508 e. The minimum Gasteiger partial charge on any atom is -0.508 e. The van der Waals surface area contributed by atoms with Crippen LogP contribution < -0.4 is 22.9 Å². The quantitative estimate of drug-likeness (QED) is 0.0969. The highest BCUT2D eigenvalue weighted by Gasteiger charge is 2.04. The standard InChI is InChI=1S/C9H12O.C9H12.C8H12N2.C7H11N3.C7H10O.C7H10S.2C6H10N2S/c1-7(2)8-3-5-9(10)6-4-8;1-8(2)9-6-4-3-5-7-9;1-6(2)7-4-3-5-8(9)10-7;1-5(2)6-3-4-9-7(8)10-6;2*1-6(2)7-4-3-5-8-7;1-4(2)5-3-9-6(7)8-5;1-4(2)5-3-6(7)9-8-5/h3-7,10H,1-2H3;3-8H,1-2H3;3-6H,1-2H3,(H2,9,10);3-5H,1-2H3,(H2,8,9,10);2*3-6H,1-2H3;3-4H,1-2H3,(H2,7,8);3-4H,7H2,1-2H3. The minimum atomic E-state index is 0.337. The van der Waals surface area contributed by atoms with E-state index in [4.69, 9.17) is 32.5 Å². The van der Waals surface area contributed by atoms with Gasteiger partial charge in [-0.3, -0.25) is 0 Å². The first kappa shape index (κ1) is 64.9. The average molecular weight is 1050 g/mol. The fourth-order valence-corrected chi connectivity index (χ4v) is 7.69. The number of benzene rings is 2. The Bertz CT molecular complexity index is 2420. The number of nitrogens with zero attached hydrogens (tertiary/aromatic N) is 5. The molecule has 6 aromatic heterocycles. The highest BCUT2D eigenvalue weighted by Crippen LogP contribution is 2.21. The van der Waals surface area contributed by atoms with Gasteiger partial charge < -0.3 is 32.5 Å². The Labute approximate surface area is 451 Å². The molecule has 6 heterocycles. The maximum Gasteiger partial charge on any atom is 0.220 e. The first-order valence-corrected chi connectivity index (χ1v) is 27.6. The molecule has 14 heteroatoms. The summed E-state index contributed by atoms with van der Waals surface area (Å²) in [7, 11) is 0. The van der Waals surface area contributed by atoms with Gasteiger partial charge in [-0.05, 0) is 124 Å². The molecule has 0 atom stereocenters. The number of hydrogen-bond donors (Lipinski definition) is 5. The van der Waals surface area contributed by atoms with Gasteiger partial charge in [-0.2, -0.15) is 4.37 Å². The Morgan fingerprint density at radius 3 is 1.37 bits per heavy atom. The van der Waals surface area contributed by atoms with E-state index < -0.39 is 0 Å². The van der Waals surface area contributed by atoms with Crippen LogP contribution in [-0.2, 0) is 0 Å². The van der Waals surface area contributed by atoms with Gasteiger partial charge in [-0.15, -0.1) is 22.7 Å². The third-order valence-corrected chi connectivity index (χ3v) is 12.7. The van der Waals surface area contributed by atoms with Gasteiger partial charge >= 0.3 is 0 Å². The second-order valence-electron chi connectivity index (χ2n) is 19.4. The molecule has 0 unspecified atom stereocenters. The number of phenolic OH excluding ortho intramolecular Hbond substituents is 1. The molecule has 0 saturated carbocycles. The van der Waals surface area contributed by atoms with Crippen molar-refractivity contribution in [3.63, 3.8) is 0 Å². The molecule has 9 N–H and O–H groups in total. The number of aromatic nitrogens is 5. The molecule has 398 valence electrons. The van der Waals surface area contributed by atoms with Crippen LogP contribution in [0.25, 0.3) is 0 Å². The number of hydrogen-bond acceptors (Lipinski definition) is 14. The van der Waals surface area contributed by atoms with Crippen molar-refractivity contribution in [1.82, 2.24) is 24.3 Å². The molecule has 0 bridgehead atoms. The molecule has 0 spiro atoms. The van der Waals surface area contributed by atoms with Crippen molar-refractivity contribution in [1.29, 1.82) is 0 Å². The molecular formula is C59H87N9O2S3. The topological polar surface area (TPSA) is 202 Å². The maximum atomic E-state index is 8.94. The van der Waals surface area contributed by atoms with Gasteiger partial charge in [0.25, 0.3) is 0 Å². The Hall–Kier alpha value is -6.09. The molecule has 2 aromatic carbocycles. The predicted molar refractivity (Wildman–Crippen MR) is 318 cm³/mol. The second-order valence-corrected chi connectivity index (χ2v) is 22.1. The van der Waals surface area contributed by atoms with Crippen LogP contribution in [0.15, 0.2) is 137 Å². The van der Waals surface area contributed by atoms with Crippen LogP contribution in [0.2, 0.25) is 0 Å². The molecule has 0 aliphatic heterocycles. The number of nitrogens with two attached hydrogens (primary N) is 4. The summed E-state index contributed by atoms with van der Waals surface area (Å²) < 4.78 is 9.23. The fourth-order valence-electron chi connectivity index (χ4n) is 5.58. The van der Waals surface area contributed by atoms with Gasteiger partial charge in [0.2, 0.25) is 5.95 Å². The van der Waals surface area contributed by atoms with E-state index in [2.05, 4.69) is 177 Å². The third kappa shape index (κ3) is 29.3. The van der Waals surface area contributed by atoms with E-state index in [0.29, 0.717) is 70.0 Å². The van der Waals surface area contributed by atoms with Gasteiger partial charge in [0.05, 0.1) is 17.7 Å². The van der Waals surface area contributed by atoms with E-state index in [1.807, 2.05) is 71.3 Å². The normalized spacial score (nSPS) is 10.4. The van der Waals surface area contributed by atoms with Crippen molar-refractivity contribution >= 4 is 56.1 Å². The van der Waals surface area contributed by atoms with Gasteiger partial charge in [-0.1, -0.05) is 165 Å². The molecular weight excluding hydrogens is 963 g/mol. The number of thiophene rings is 1. The Balaban J connectivity index is 0.000000418. The van der Waals surface area contributed by atoms with Crippen LogP contribution in [0.4, 0.5) is 21.9 Å². The van der Waals surface area contributed by atoms with Crippen molar-refractivity contribution in [3.8, 4) is 5.75 Å². The highest BCUT2D eigenvalue weighted by molar-refractivity contribution is 7.13. The number of thiazole rings is 1. The smallest absolute Gasteiger partial charge is 0.220 e. The summed E-state index contributed by atoms with van der Waals surface area (Å²) in [4.78, 5) is 17.6. The van der Waals surface area contributed by atoms with E-state index in [9.17, 15) is 0 Å². The van der Waals surface area contributed by atoms with Crippen LogP contribution >= 0.6 is 34.2 Å². The number of pyridine rings is 1. The first-order valence-electron chi connectivity index (χ1n) is 25.1. The summed E-state index contributed by atoms with van der Waals surface area (Å²) in [6.07, 6.45) is 3.38.